The highest BCUT2D eigenvalue weighted by molar-refractivity contribution is 5.83. The summed E-state index contributed by atoms with van der Waals surface area (Å²) in [5.41, 5.74) is 4.89. The van der Waals surface area contributed by atoms with Crippen molar-refractivity contribution in [2.75, 3.05) is 13.1 Å². The average Bonchev–Trinajstić information content (AvgIpc) is 2.00. The molecule has 0 saturated carbocycles. The van der Waals surface area contributed by atoms with E-state index in [-0.39, 0.29) is 11.6 Å². The number of amides is 1. The first-order valence-corrected chi connectivity index (χ1v) is 3.09. The van der Waals surface area contributed by atoms with Crippen LogP contribution in [0, 0.1) is 0 Å². The molecule has 0 aromatic rings. The third-order valence-electron chi connectivity index (χ3n) is 1.05. The van der Waals surface area contributed by atoms with Gasteiger partial charge in [-0.15, -0.1) is 0 Å². The maximum Gasteiger partial charge on any atom is 0.325 e. The Hall–Kier alpha value is -1.18. The monoisotopic (exact) mass is 178 g/mol. The first-order valence-electron chi connectivity index (χ1n) is 3.09. The summed E-state index contributed by atoms with van der Waals surface area (Å²) in [4.78, 5) is 20.7. The van der Waals surface area contributed by atoms with E-state index in [1.807, 2.05) is 0 Å². The van der Waals surface area contributed by atoms with E-state index >= 15 is 0 Å². The third-order valence-corrected chi connectivity index (χ3v) is 1.05. The summed E-state index contributed by atoms with van der Waals surface area (Å²) in [5.74, 6) is -2.50. The lowest BCUT2D eigenvalue weighted by Crippen LogP contribution is -2.42. The number of carbonyl (C=O) groups excluding carboxylic acids is 1. The van der Waals surface area contributed by atoms with E-state index in [4.69, 9.17) is 21.2 Å². The van der Waals surface area contributed by atoms with E-state index in [0.29, 0.717) is 0 Å². The largest absolute Gasteiger partial charge is 0.480 e. The number of hydroxylamine groups is 2. The highest BCUT2D eigenvalue weighted by atomic mass is 16.5. The standard InChI is InChI=1S/C5H10N2O5/c6-1-3(8)5(11)7(12)2-4(9)10/h3,8,12H,1-2,6H2,(H,9,10). The van der Waals surface area contributed by atoms with Gasteiger partial charge in [-0.1, -0.05) is 0 Å². The number of nitrogens with two attached hydrogens (primary N) is 1. The maximum atomic E-state index is 10.7. The van der Waals surface area contributed by atoms with Gasteiger partial charge in [0.25, 0.3) is 5.91 Å². The van der Waals surface area contributed by atoms with Crippen molar-refractivity contribution < 1.29 is 25.0 Å². The topological polar surface area (TPSA) is 124 Å². The zero-order chi connectivity index (χ0) is 9.72. The molecule has 70 valence electrons. The minimum absolute atomic E-state index is 0.0974. The molecule has 1 amide bonds. The summed E-state index contributed by atoms with van der Waals surface area (Å²) in [6.07, 6.45) is -1.56. The highest BCUT2D eigenvalue weighted by Crippen LogP contribution is 1.89. The predicted molar refractivity (Wildman–Crippen MR) is 36.2 cm³/mol. The Morgan fingerprint density at radius 3 is 2.33 bits per heavy atom. The maximum absolute atomic E-state index is 10.7. The van der Waals surface area contributed by atoms with Crippen molar-refractivity contribution in [1.82, 2.24) is 5.06 Å². The molecular formula is C5H10N2O5. The van der Waals surface area contributed by atoms with E-state index in [1.165, 1.54) is 0 Å². The van der Waals surface area contributed by atoms with Crippen molar-refractivity contribution in [3.8, 4) is 0 Å². The summed E-state index contributed by atoms with van der Waals surface area (Å²) in [7, 11) is 0. The molecule has 0 aromatic heterocycles. The molecule has 0 rings (SSSR count). The Labute approximate surface area is 68.0 Å². The van der Waals surface area contributed by atoms with Gasteiger partial charge in [0, 0.05) is 6.54 Å². The zero-order valence-electron chi connectivity index (χ0n) is 6.17. The predicted octanol–water partition coefficient (Wildman–Crippen LogP) is -2.39. The number of nitrogens with zero attached hydrogens (tertiary/aromatic N) is 1. The molecule has 0 heterocycles. The zero-order valence-corrected chi connectivity index (χ0v) is 6.17. The third kappa shape index (κ3) is 3.28. The van der Waals surface area contributed by atoms with Crippen LogP contribution in [0.1, 0.15) is 0 Å². The van der Waals surface area contributed by atoms with Crippen molar-refractivity contribution in [3.05, 3.63) is 0 Å². The van der Waals surface area contributed by atoms with Crippen LogP contribution < -0.4 is 5.73 Å². The molecule has 0 radical (unpaired) electrons. The molecule has 0 bridgehead atoms. The number of carboxylic acids is 1. The number of aliphatic hydroxyl groups is 1. The number of carbonyl (C=O) groups is 2. The van der Waals surface area contributed by atoms with Crippen molar-refractivity contribution >= 4 is 11.9 Å². The molecule has 7 nitrogen and oxygen atoms in total. The minimum atomic E-state index is -1.56. The van der Waals surface area contributed by atoms with Crippen LogP contribution in [0.3, 0.4) is 0 Å². The summed E-state index contributed by atoms with van der Waals surface area (Å²) in [6.45, 7) is -1.24. The molecule has 0 aliphatic carbocycles. The molecule has 0 spiro atoms. The Kier molecular flexibility index (Phi) is 4.19. The number of aliphatic carboxylic acids is 1. The van der Waals surface area contributed by atoms with E-state index in [9.17, 15) is 9.59 Å². The van der Waals surface area contributed by atoms with Crippen LogP contribution >= 0.6 is 0 Å². The van der Waals surface area contributed by atoms with E-state index in [2.05, 4.69) is 0 Å². The molecule has 1 atom stereocenters. The quantitative estimate of drug-likeness (QED) is 0.281. The van der Waals surface area contributed by atoms with Gasteiger partial charge in [-0.3, -0.25) is 14.8 Å². The van der Waals surface area contributed by atoms with Gasteiger partial charge >= 0.3 is 5.97 Å². The molecule has 0 aliphatic rings. The van der Waals surface area contributed by atoms with Crippen LogP contribution in [0.4, 0.5) is 0 Å². The van der Waals surface area contributed by atoms with Crippen LogP contribution in [0.25, 0.3) is 0 Å². The van der Waals surface area contributed by atoms with Crippen molar-refractivity contribution in [1.29, 1.82) is 0 Å². The fourth-order valence-electron chi connectivity index (χ4n) is 0.479. The highest BCUT2D eigenvalue weighted by Gasteiger charge is 2.21. The van der Waals surface area contributed by atoms with Crippen LogP contribution in [0.5, 0.6) is 0 Å². The molecule has 5 N–H and O–H groups in total. The molecule has 0 saturated heterocycles. The smallest absolute Gasteiger partial charge is 0.325 e. The van der Waals surface area contributed by atoms with E-state index in [0.717, 1.165) is 0 Å². The van der Waals surface area contributed by atoms with Gasteiger partial charge in [-0.25, -0.2) is 5.06 Å². The van der Waals surface area contributed by atoms with Gasteiger partial charge in [-0.2, -0.15) is 0 Å². The molecule has 1 unspecified atom stereocenters. The second kappa shape index (κ2) is 4.65. The molecule has 0 fully saturated rings. The van der Waals surface area contributed by atoms with Gasteiger partial charge in [0.15, 0.2) is 0 Å². The van der Waals surface area contributed by atoms with E-state index in [1.54, 1.807) is 0 Å². The van der Waals surface area contributed by atoms with Crippen LogP contribution in [0.15, 0.2) is 0 Å². The summed E-state index contributed by atoms with van der Waals surface area (Å²) >= 11 is 0. The van der Waals surface area contributed by atoms with Crippen LogP contribution in [-0.2, 0) is 9.59 Å². The first-order chi connectivity index (χ1) is 5.49. The van der Waals surface area contributed by atoms with Gasteiger partial charge in [0.05, 0.1) is 0 Å². The second-order valence-corrected chi connectivity index (χ2v) is 2.04. The molecule has 12 heavy (non-hydrogen) atoms. The van der Waals surface area contributed by atoms with E-state index < -0.39 is 24.5 Å². The number of carboxylic acid groups (broad SMARTS) is 1. The molecule has 0 aromatic carbocycles. The number of hydrogen-bond donors (Lipinski definition) is 4. The average molecular weight is 178 g/mol. The number of rotatable bonds is 4. The van der Waals surface area contributed by atoms with Crippen molar-refractivity contribution in [3.63, 3.8) is 0 Å². The van der Waals surface area contributed by atoms with Crippen molar-refractivity contribution in [2.45, 2.75) is 6.10 Å². The van der Waals surface area contributed by atoms with Crippen LogP contribution in [0.2, 0.25) is 0 Å². The normalized spacial score (nSPS) is 12.2. The lowest BCUT2D eigenvalue weighted by atomic mass is 10.3. The lowest BCUT2D eigenvalue weighted by molar-refractivity contribution is -0.180. The molecular weight excluding hydrogens is 168 g/mol. The first kappa shape index (κ1) is 10.8. The minimum Gasteiger partial charge on any atom is -0.480 e. The van der Waals surface area contributed by atoms with Gasteiger partial charge in [0.1, 0.15) is 12.6 Å². The Bertz CT molecular complexity index is 183. The van der Waals surface area contributed by atoms with Crippen molar-refractivity contribution in [2.24, 2.45) is 5.73 Å². The van der Waals surface area contributed by atoms with Gasteiger partial charge in [0.2, 0.25) is 0 Å². The van der Waals surface area contributed by atoms with Gasteiger partial charge in [-0.05, 0) is 0 Å². The fraction of sp³-hybridized carbons (Fsp3) is 0.600. The fourth-order valence-corrected chi connectivity index (χ4v) is 0.479. The summed E-state index contributed by atoms with van der Waals surface area (Å²) in [5, 5.41) is 25.4. The molecule has 0 aliphatic heterocycles. The van der Waals surface area contributed by atoms with Crippen LogP contribution in [-0.4, -0.2) is 51.6 Å². The Balaban J connectivity index is 4.01. The summed E-state index contributed by atoms with van der Waals surface area (Å²) < 4.78 is 0. The second-order valence-electron chi connectivity index (χ2n) is 2.04. The Morgan fingerprint density at radius 1 is 1.50 bits per heavy atom. The number of hydrogen-bond acceptors (Lipinski definition) is 5. The van der Waals surface area contributed by atoms with Gasteiger partial charge < -0.3 is 15.9 Å². The lowest BCUT2D eigenvalue weighted by Gasteiger charge is -2.14. The SMILES string of the molecule is NCC(O)C(=O)N(O)CC(=O)O. The summed E-state index contributed by atoms with van der Waals surface area (Å²) in [6, 6.07) is 0. The Morgan fingerprint density at radius 2 is 2.00 bits per heavy atom. The number of aliphatic hydroxyl groups excluding tert-OH is 1. The molecule has 7 heteroatoms.